The number of ether oxygens (including phenoxy) is 1. The van der Waals surface area contributed by atoms with Gasteiger partial charge in [0.25, 0.3) is 0 Å². The molecule has 0 aliphatic heterocycles. The van der Waals surface area contributed by atoms with Crippen molar-refractivity contribution in [2.45, 2.75) is 31.9 Å². The highest BCUT2D eigenvalue weighted by atomic mass is 35.5. The fourth-order valence-electron chi connectivity index (χ4n) is 1.67. The number of aromatic nitrogens is 2. The van der Waals surface area contributed by atoms with Gasteiger partial charge in [-0.25, -0.2) is 9.97 Å². The molecular formula is C10H14ClN3O. The normalized spacial score (nSPS) is 24.7. The smallest absolute Gasteiger partial charge is 0.148 e. The van der Waals surface area contributed by atoms with E-state index in [9.17, 15) is 0 Å². The second-order valence-electron chi connectivity index (χ2n) is 3.61. The molecule has 1 saturated carbocycles. The Labute approximate surface area is 94.0 Å². The van der Waals surface area contributed by atoms with E-state index in [1.54, 1.807) is 6.20 Å². The Bertz CT molecular complexity index is 328. The van der Waals surface area contributed by atoms with Crippen LogP contribution in [0.25, 0.3) is 0 Å². The van der Waals surface area contributed by atoms with Crippen molar-refractivity contribution < 1.29 is 4.74 Å². The van der Waals surface area contributed by atoms with Crippen LogP contribution in [0.4, 0.5) is 5.82 Å². The molecular weight excluding hydrogens is 214 g/mol. The third-order valence-corrected chi connectivity index (χ3v) is 2.78. The van der Waals surface area contributed by atoms with E-state index < -0.39 is 0 Å². The number of nitrogens with one attached hydrogen (secondary N) is 1. The third-order valence-electron chi connectivity index (χ3n) is 2.51. The van der Waals surface area contributed by atoms with Crippen LogP contribution in [0.3, 0.4) is 0 Å². The average molecular weight is 228 g/mol. The van der Waals surface area contributed by atoms with Crippen molar-refractivity contribution in [1.29, 1.82) is 0 Å². The first kappa shape index (κ1) is 10.6. The Hall–Kier alpha value is -0.870. The summed E-state index contributed by atoms with van der Waals surface area (Å²) < 4.78 is 5.47. The average Bonchev–Trinajstić information content (AvgIpc) is 2.18. The molecule has 1 heterocycles. The number of anilines is 1. The molecule has 0 spiro atoms. The lowest BCUT2D eigenvalue weighted by Crippen LogP contribution is -2.41. The molecule has 0 amide bonds. The van der Waals surface area contributed by atoms with Crippen LogP contribution in [0, 0.1) is 0 Å². The highest BCUT2D eigenvalue weighted by Gasteiger charge is 2.29. The van der Waals surface area contributed by atoms with Gasteiger partial charge >= 0.3 is 0 Å². The molecule has 1 N–H and O–H groups in total. The molecule has 1 aromatic heterocycles. The molecule has 5 heteroatoms. The summed E-state index contributed by atoms with van der Waals surface area (Å²) in [5.41, 5.74) is 0. The summed E-state index contributed by atoms with van der Waals surface area (Å²) in [6, 6.07) is 0.425. The maximum absolute atomic E-state index is 5.93. The molecule has 82 valence electrons. The predicted molar refractivity (Wildman–Crippen MR) is 59.1 cm³/mol. The van der Waals surface area contributed by atoms with E-state index in [1.165, 1.54) is 6.33 Å². The van der Waals surface area contributed by atoms with Gasteiger partial charge in [-0.05, 0) is 19.8 Å². The molecule has 0 atom stereocenters. The SMILES string of the molecule is CCOC1CC(Nc2ncncc2Cl)C1. The van der Waals surface area contributed by atoms with Gasteiger partial charge in [0.15, 0.2) is 0 Å². The van der Waals surface area contributed by atoms with E-state index in [2.05, 4.69) is 15.3 Å². The molecule has 0 unspecified atom stereocenters. The minimum Gasteiger partial charge on any atom is -0.378 e. The minimum absolute atomic E-state index is 0.396. The molecule has 0 bridgehead atoms. The van der Waals surface area contributed by atoms with Crippen molar-refractivity contribution >= 4 is 17.4 Å². The van der Waals surface area contributed by atoms with Gasteiger partial charge in [0.05, 0.1) is 12.3 Å². The zero-order valence-corrected chi connectivity index (χ0v) is 9.37. The Morgan fingerprint density at radius 1 is 1.60 bits per heavy atom. The molecule has 15 heavy (non-hydrogen) atoms. The molecule has 0 radical (unpaired) electrons. The van der Waals surface area contributed by atoms with Crippen molar-refractivity contribution in [2.24, 2.45) is 0 Å². The fourth-order valence-corrected chi connectivity index (χ4v) is 1.83. The summed E-state index contributed by atoms with van der Waals surface area (Å²) >= 11 is 5.93. The lowest BCUT2D eigenvalue weighted by atomic mass is 9.89. The first-order valence-electron chi connectivity index (χ1n) is 5.13. The van der Waals surface area contributed by atoms with Gasteiger partial charge in [-0.3, -0.25) is 0 Å². The summed E-state index contributed by atoms with van der Waals surface area (Å²) in [4.78, 5) is 7.91. The number of hydrogen-bond donors (Lipinski definition) is 1. The van der Waals surface area contributed by atoms with Crippen LogP contribution in [0.5, 0.6) is 0 Å². The van der Waals surface area contributed by atoms with E-state index in [0.29, 0.717) is 23.0 Å². The predicted octanol–water partition coefficient (Wildman–Crippen LogP) is 2.11. The maximum Gasteiger partial charge on any atom is 0.148 e. The summed E-state index contributed by atoms with van der Waals surface area (Å²) in [5.74, 6) is 0.714. The number of nitrogens with zero attached hydrogens (tertiary/aromatic N) is 2. The molecule has 2 rings (SSSR count). The summed E-state index contributed by atoms with van der Waals surface area (Å²) in [7, 11) is 0. The highest BCUT2D eigenvalue weighted by Crippen LogP contribution is 2.28. The molecule has 1 aliphatic rings. The van der Waals surface area contributed by atoms with Crippen LogP contribution in [0.15, 0.2) is 12.5 Å². The first-order chi connectivity index (χ1) is 7.29. The van der Waals surface area contributed by atoms with Crippen molar-refractivity contribution in [3.8, 4) is 0 Å². The maximum atomic E-state index is 5.93. The highest BCUT2D eigenvalue weighted by molar-refractivity contribution is 6.32. The van der Waals surface area contributed by atoms with Gasteiger partial charge < -0.3 is 10.1 Å². The van der Waals surface area contributed by atoms with E-state index in [0.717, 1.165) is 19.4 Å². The Morgan fingerprint density at radius 2 is 2.40 bits per heavy atom. The van der Waals surface area contributed by atoms with Gasteiger partial charge in [-0.1, -0.05) is 11.6 Å². The van der Waals surface area contributed by atoms with Crippen LogP contribution in [0.2, 0.25) is 5.02 Å². The lowest BCUT2D eigenvalue weighted by Gasteiger charge is -2.35. The monoisotopic (exact) mass is 227 g/mol. The van der Waals surface area contributed by atoms with Crippen LogP contribution in [0.1, 0.15) is 19.8 Å². The molecule has 0 saturated heterocycles. The largest absolute Gasteiger partial charge is 0.378 e. The standard InChI is InChI=1S/C10H14ClN3O/c1-2-15-8-3-7(4-8)14-10-9(11)5-12-6-13-10/h5-8H,2-4H2,1H3,(H,12,13,14). The zero-order chi connectivity index (χ0) is 10.7. The molecule has 1 aromatic rings. The second-order valence-corrected chi connectivity index (χ2v) is 4.02. The number of halogens is 1. The van der Waals surface area contributed by atoms with Crippen molar-refractivity contribution in [3.05, 3.63) is 17.5 Å². The quantitative estimate of drug-likeness (QED) is 0.856. The van der Waals surface area contributed by atoms with Gasteiger partial charge in [-0.15, -0.1) is 0 Å². The first-order valence-corrected chi connectivity index (χ1v) is 5.51. The van der Waals surface area contributed by atoms with Crippen molar-refractivity contribution in [2.75, 3.05) is 11.9 Å². The van der Waals surface area contributed by atoms with Crippen LogP contribution in [-0.2, 0) is 4.74 Å². The third kappa shape index (κ3) is 2.58. The minimum atomic E-state index is 0.396. The van der Waals surface area contributed by atoms with Crippen LogP contribution in [-0.4, -0.2) is 28.7 Å². The van der Waals surface area contributed by atoms with Crippen molar-refractivity contribution in [3.63, 3.8) is 0 Å². The van der Waals surface area contributed by atoms with E-state index in [1.807, 2.05) is 6.92 Å². The summed E-state index contributed by atoms with van der Waals surface area (Å²) in [6.07, 6.45) is 5.53. The van der Waals surface area contributed by atoms with Crippen LogP contribution < -0.4 is 5.32 Å². The van der Waals surface area contributed by atoms with E-state index in [4.69, 9.17) is 16.3 Å². The molecule has 4 nitrogen and oxygen atoms in total. The topological polar surface area (TPSA) is 47.0 Å². The number of hydrogen-bond acceptors (Lipinski definition) is 4. The fraction of sp³-hybridized carbons (Fsp3) is 0.600. The van der Waals surface area contributed by atoms with Crippen molar-refractivity contribution in [1.82, 2.24) is 9.97 Å². The van der Waals surface area contributed by atoms with E-state index in [-0.39, 0.29) is 0 Å². The van der Waals surface area contributed by atoms with Gasteiger partial charge in [0.2, 0.25) is 0 Å². The second kappa shape index (κ2) is 4.77. The molecule has 1 fully saturated rings. The Kier molecular flexibility index (Phi) is 3.38. The van der Waals surface area contributed by atoms with Gasteiger partial charge in [-0.2, -0.15) is 0 Å². The summed E-state index contributed by atoms with van der Waals surface area (Å²) in [5, 5.41) is 3.84. The Morgan fingerprint density at radius 3 is 3.07 bits per heavy atom. The van der Waals surface area contributed by atoms with E-state index >= 15 is 0 Å². The number of rotatable bonds is 4. The zero-order valence-electron chi connectivity index (χ0n) is 8.61. The van der Waals surface area contributed by atoms with Gasteiger partial charge in [0.1, 0.15) is 17.2 Å². The lowest BCUT2D eigenvalue weighted by molar-refractivity contribution is 0.00292. The molecule has 1 aliphatic carbocycles. The summed E-state index contributed by atoms with van der Waals surface area (Å²) in [6.45, 7) is 2.80. The molecule has 0 aromatic carbocycles. The van der Waals surface area contributed by atoms with Crippen LogP contribution >= 0.6 is 11.6 Å². The Balaban J connectivity index is 1.82. The van der Waals surface area contributed by atoms with Gasteiger partial charge in [0, 0.05) is 12.6 Å².